The fraction of sp³-hybridized carbons (Fsp3) is 0.450. The Morgan fingerprint density at radius 3 is 2.44 bits per heavy atom. The van der Waals surface area contributed by atoms with Crippen LogP contribution < -0.4 is 10.6 Å². The standard InChI is InChI=1S/C20H26N4O/c1-20(2,3)15-10-6-7-11-16(15)24-18-13-21-17(12-22-18)19(25)23-14-8-4-5-9-14/h6-7,10-14H,4-5,8-9H2,1-3H3,(H,22,24)(H,23,25). The first kappa shape index (κ1) is 17.4. The van der Waals surface area contributed by atoms with Crippen molar-refractivity contribution in [1.29, 1.82) is 0 Å². The van der Waals surface area contributed by atoms with Crippen LogP contribution in [0.15, 0.2) is 36.7 Å². The summed E-state index contributed by atoms with van der Waals surface area (Å²) in [6.07, 6.45) is 7.64. The highest BCUT2D eigenvalue weighted by Crippen LogP contribution is 2.30. The molecule has 0 radical (unpaired) electrons. The number of para-hydroxylation sites is 1. The molecule has 0 saturated heterocycles. The highest BCUT2D eigenvalue weighted by molar-refractivity contribution is 5.92. The Morgan fingerprint density at radius 2 is 1.80 bits per heavy atom. The summed E-state index contributed by atoms with van der Waals surface area (Å²) in [5.41, 5.74) is 2.60. The zero-order valence-electron chi connectivity index (χ0n) is 15.2. The summed E-state index contributed by atoms with van der Waals surface area (Å²) in [4.78, 5) is 20.9. The predicted octanol–water partition coefficient (Wildman–Crippen LogP) is 4.19. The lowest BCUT2D eigenvalue weighted by atomic mass is 9.86. The van der Waals surface area contributed by atoms with E-state index in [1.54, 1.807) is 6.20 Å². The van der Waals surface area contributed by atoms with Crippen molar-refractivity contribution in [2.75, 3.05) is 5.32 Å². The minimum Gasteiger partial charge on any atom is -0.348 e. The Morgan fingerprint density at radius 1 is 1.08 bits per heavy atom. The third kappa shape index (κ3) is 4.35. The smallest absolute Gasteiger partial charge is 0.271 e. The van der Waals surface area contributed by atoms with Gasteiger partial charge < -0.3 is 10.6 Å². The van der Waals surface area contributed by atoms with Crippen molar-refractivity contribution in [3.8, 4) is 0 Å². The topological polar surface area (TPSA) is 66.9 Å². The van der Waals surface area contributed by atoms with Crippen LogP contribution >= 0.6 is 0 Å². The van der Waals surface area contributed by atoms with Gasteiger partial charge in [-0.3, -0.25) is 4.79 Å². The Bertz CT molecular complexity index is 728. The number of nitrogens with zero attached hydrogens (tertiary/aromatic N) is 2. The van der Waals surface area contributed by atoms with Gasteiger partial charge >= 0.3 is 0 Å². The number of anilines is 2. The maximum atomic E-state index is 12.2. The van der Waals surface area contributed by atoms with Gasteiger partial charge in [-0.2, -0.15) is 0 Å². The Balaban J connectivity index is 1.70. The van der Waals surface area contributed by atoms with E-state index >= 15 is 0 Å². The molecule has 2 N–H and O–H groups in total. The molecule has 1 heterocycles. The minimum absolute atomic E-state index is 0.0259. The molecule has 2 aromatic rings. The first-order valence-corrected chi connectivity index (χ1v) is 8.93. The highest BCUT2D eigenvalue weighted by atomic mass is 16.1. The number of benzene rings is 1. The molecule has 0 unspecified atom stereocenters. The summed E-state index contributed by atoms with van der Waals surface area (Å²) in [6, 6.07) is 8.45. The van der Waals surface area contributed by atoms with Crippen LogP contribution in [0.1, 0.15) is 62.5 Å². The van der Waals surface area contributed by atoms with Gasteiger partial charge in [0.1, 0.15) is 11.5 Å². The van der Waals surface area contributed by atoms with E-state index in [2.05, 4.69) is 47.4 Å². The van der Waals surface area contributed by atoms with Crippen molar-refractivity contribution in [3.05, 3.63) is 47.9 Å². The van der Waals surface area contributed by atoms with Gasteiger partial charge in [-0.25, -0.2) is 9.97 Å². The number of rotatable bonds is 4. The third-order valence-corrected chi connectivity index (χ3v) is 4.57. The lowest BCUT2D eigenvalue weighted by Crippen LogP contribution is -2.33. The van der Waals surface area contributed by atoms with E-state index in [0.29, 0.717) is 11.5 Å². The number of hydrogen-bond acceptors (Lipinski definition) is 4. The van der Waals surface area contributed by atoms with Gasteiger partial charge in [0.05, 0.1) is 12.4 Å². The Labute approximate surface area is 149 Å². The maximum Gasteiger partial charge on any atom is 0.271 e. The average molecular weight is 338 g/mol. The van der Waals surface area contributed by atoms with E-state index in [4.69, 9.17) is 0 Å². The zero-order chi connectivity index (χ0) is 17.9. The first-order valence-electron chi connectivity index (χ1n) is 8.93. The molecule has 3 rings (SSSR count). The largest absolute Gasteiger partial charge is 0.348 e. The molecule has 0 aliphatic heterocycles. The molecule has 132 valence electrons. The number of carbonyl (C=O) groups is 1. The van der Waals surface area contributed by atoms with Gasteiger partial charge in [-0.1, -0.05) is 51.8 Å². The summed E-state index contributed by atoms with van der Waals surface area (Å²) < 4.78 is 0. The third-order valence-electron chi connectivity index (χ3n) is 4.57. The molecule has 25 heavy (non-hydrogen) atoms. The van der Waals surface area contributed by atoms with Crippen molar-refractivity contribution in [2.45, 2.75) is 57.9 Å². The maximum absolute atomic E-state index is 12.2. The van der Waals surface area contributed by atoms with Crippen LogP contribution in [0, 0.1) is 0 Å². The molecule has 1 aromatic heterocycles. The lowest BCUT2D eigenvalue weighted by molar-refractivity contribution is 0.0932. The molecule has 0 atom stereocenters. The van der Waals surface area contributed by atoms with Crippen molar-refractivity contribution < 1.29 is 4.79 Å². The van der Waals surface area contributed by atoms with Gasteiger partial charge in [0.2, 0.25) is 0 Å². The SMILES string of the molecule is CC(C)(C)c1ccccc1Nc1cnc(C(=O)NC2CCCC2)cn1. The molecule has 0 spiro atoms. The molecule has 5 nitrogen and oxygen atoms in total. The quantitative estimate of drug-likeness (QED) is 0.877. The van der Waals surface area contributed by atoms with Crippen LogP contribution in [0.4, 0.5) is 11.5 Å². The van der Waals surface area contributed by atoms with Crippen LogP contribution in [0.25, 0.3) is 0 Å². The predicted molar refractivity (Wildman–Crippen MR) is 100 cm³/mol. The summed E-state index contributed by atoms with van der Waals surface area (Å²) in [7, 11) is 0. The molecule has 1 amide bonds. The molecular weight excluding hydrogens is 312 g/mol. The number of carbonyl (C=O) groups excluding carboxylic acids is 1. The van der Waals surface area contributed by atoms with Crippen LogP contribution in [0.2, 0.25) is 0 Å². The fourth-order valence-corrected chi connectivity index (χ4v) is 3.22. The van der Waals surface area contributed by atoms with E-state index in [0.717, 1.165) is 18.5 Å². The van der Waals surface area contributed by atoms with E-state index in [9.17, 15) is 4.79 Å². The second kappa shape index (κ2) is 7.21. The van der Waals surface area contributed by atoms with Gasteiger partial charge in [0.25, 0.3) is 5.91 Å². The molecule has 5 heteroatoms. The first-order chi connectivity index (χ1) is 11.9. The summed E-state index contributed by atoms with van der Waals surface area (Å²) in [6.45, 7) is 6.53. The Hall–Kier alpha value is -2.43. The van der Waals surface area contributed by atoms with Gasteiger partial charge in [-0.05, 0) is 29.9 Å². The molecule has 1 aromatic carbocycles. The molecule has 1 saturated carbocycles. The molecular formula is C20H26N4O. The molecule has 1 aliphatic carbocycles. The summed E-state index contributed by atoms with van der Waals surface area (Å²) in [5, 5.41) is 6.34. The Kier molecular flexibility index (Phi) is 5.02. The lowest BCUT2D eigenvalue weighted by Gasteiger charge is -2.23. The number of amides is 1. The van der Waals surface area contributed by atoms with Gasteiger partial charge in [0.15, 0.2) is 0 Å². The van der Waals surface area contributed by atoms with Crippen LogP contribution in [-0.2, 0) is 5.41 Å². The monoisotopic (exact) mass is 338 g/mol. The highest BCUT2D eigenvalue weighted by Gasteiger charge is 2.20. The van der Waals surface area contributed by atoms with Gasteiger partial charge in [0, 0.05) is 11.7 Å². The minimum atomic E-state index is -0.138. The van der Waals surface area contributed by atoms with E-state index in [1.165, 1.54) is 24.6 Å². The van der Waals surface area contributed by atoms with E-state index in [1.807, 2.05) is 18.2 Å². The normalized spacial score (nSPS) is 15.2. The van der Waals surface area contributed by atoms with Crippen molar-refractivity contribution in [3.63, 3.8) is 0 Å². The number of hydrogen-bond donors (Lipinski definition) is 2. The summed E-state index contributed by atoms with van der Waals surface area (Å²) >= 11 is 0. The second-order valence-corrected chi connectivity index (χ2v) is 7.66. The second-order valence-electron chi connectivity index (χ2n) is 7.66. The van der Waals surface area contributed by atoms with E-state index in [-0.39, 0.29) is 17.4 Å². The molecule has 1 aliphatic rings. The van der Waals surface area contributed by atoms with Crippen molar-refractivity contribution in [1.82, 2.24) is 15.3 Å². The molecule has 1 fully saturated rings. The average Bonchev–Trinajstić information content (AvgIpc) is 3.08. The fourth-order valence-electron chi connectivity index (χ4n) is 3.22. The van der Waals surface area contributed by atoms with Crippen molar-refractivity contribution >= 4 is 17.4 Å². The van der Waals surface area contributed by atoms with Gasteiger partial charge in [-0.15, -0.1) is 0 Å². The molecule has 0 bridgehead atoms. The van der Waals surface area contributed by atoms with Crippen LogP contribution in [-0.4, -0.2) is 21.9 Å². The van der Waals surface area contributed by atoms with Crippen LogP contribution in [0.5, 0.6) is 0 Å². The van der Waals surface area contributed by atoms with Crippen molar-refractivity contribution in [2.24, 2.45) is 0 Å². The zero-order valence-corrected chi connectivity index (χ0v) is 15.2. The number of aromatic nitrogens is 2. The van der Waals surface area contributed by atoms with Crippen LogP contribution in [0.3, 0.4) is 0 Å². The summed E-state index contributed by atoms with van der Waals surface area (Å²) in [5.74, 6) is 0.496. The van der Waals surface area contributed by atoms with E-state index < -0.39 is 0 Å². The number of nitrogens with one attached hydrogen (secondary N) is 2.